The van der Waals surface area contributed by atoms with E-state index >= 15 is 0 Å². The van der Waals surface area contributed by atoms with Crippen LogP contribution in [-0.2, 0) is 19.7 Å². The molecule has 6 rings (SSSR count). The van der Waals surface area contributed by atoms with E-state index in [9.17, 15) is 16.8 Å². The molecular formula is C38H44O4S4. The summed E-state index contributed by atoms with van der Waals surface area (Å²) in [4.78, 5) is 0. The van der Waals surface area contributed by atoms with Gasteiger partial charge in [0.15, 0.2) is 19.7 Å². The Morgan fingerprint density at radius 1 is 0.413 bits per heavy atom. The van der Waals surface area contributed by atoms with Gasteiger partial charge in [0.05, 0.1) is 11.5 Å². The van der Waals surface area contributed by atoms with Crippen LogP contribution in [0.5, 0.6) is 0 Å². The maximum atomic E-state index is 13.2. The molecule has 4 aromatic carbocycles. The normalized spacial score (nSPS) is 12.8. The standard InChI is InChI=1S/C38H44O4S4/c1-3-5-7-9-11-13-23-45(39,40)37-25-33-31-17-15-28-27(29(31)19-21-35(33)43-37)16-18-32-30(28)20-22-36-34(32)26-38(44-36)46(41,42)24-14-12-10-8-6-4-2/h15-22,25-26H,3-14,23-24H2,1-2H3. The number of sulfone groups is 2. The van der Waals surface area contributed by atoms with Gasteiger partial charge in [0.2, 0.25) is 0 Å². The summed E-state index contributed by atoms with van der Waals surface area (Å²) in [5.41, 5.74) is 0. The Hall–Kier alpha value is -2.52. The number of rotatable bonds is 16. The minimum absolute atomic E-state index is 0.206. The number of benzene rings is 4. The number of hydrogen-bond acceptors (Lipinski definition) is 6. The van der Waals surface area contributed by atoms with Gasteiger partial charge < -0.3 is 0 Å². The van der Waals surface area contributed by atoms with E-state index in [1.807, 2.05) is 12.1 Å². The van der Waals surface area contributed by atoms with Gasteiger partial charge in [-0.1, -0.05) is 114 Å². The minimum atomic E-state index is -3.32. The second-order valence-electron chi connectivity index (χ2n) is 12.7. The highest BCUT2D eigenvalue weighted by atomic mass is 32.2. The molecule has 4 nitrogen and oxygen atoms in total. The molecule has 2 heterocycles. The lowest BCUT2D eigenvalue weighted by Crippen LogP contribution is -2.04. The van der Waals surface area contributed by atoms with Crippen molar-refractivity contribution in [3.63, 3.8) is 0 Å². The van der Waals surface area contributed by atoms with E-state index in [0.29, 0.717) is 21.3 Å². The number of thiophene rings is 2. The molecule has 8 heteroatoms. The monoisotopic (exact) mass is 692 g/mol. The highest BCUT2D eigenvalue weighted by Crippen LogP contribution is 2.41. The van der Waals surface area contributed by atoms with Crippen molar-refractivity contribution in [3.05, 3.63) is 60.7 Å². The lowest BCUT2D eigenvalue weighted by molar-refractivity contribution is 0.584. The summed E-state index contributed by atoms with van der Waals surface area (Å²) in [5.74, 6) is 0.413. The van der Waals surface area contributed by atoms with Gasteiger partial charge >= 0.3 is 0 Å². The summed E-state index contributed by atoms with van der Waals surface area (Å²) in [6.45, 7) is 4.37. The molecule has 0 N–H and O–H groups in total. The molecule has 0 saturated heterocycles. The Labute approximate surface area is 281 Å². The molecule has 0 atom stereocenters. The second kappa shape index (κ2) is 14.3. The number of unbranched alkanes of at least 4 members (excludes halogenated alkanes) is 10. The van der Waals surface area contributed by atoms with E-state index in [2.05, 4.69) is 62.4 Å². The Kier molecular flexibility index (Phi) is 10.4. The predicted octanol–water partition coefficient (Wildman–Crippen LogP) is 11.8. The van der Waals surface area contributed by atoms with Crippen molar-refractivity contribution >= 4 is 94.8 Å². The zero-order valence-corrected chi connectivity index (χ0v) is 30.2. The molecule has 6 aromatic rings. The van der Waals surface area contributed by atoms with Crippen LogP contribution in [0, 0.1) is 0 Å². The van der Waals surface area contributed by atoms with Crippen LogP contribution in [0.2, 0.25) is 0 Å². The zero-order chi connectivity index (χ0) is 32.3. The van der Waals surface area contributed by atoms with Gasteiger partial charge in [-0.25, -0.2) is 16.8 Å². The number of fused-ring (bicyclic) bond motifs is 9. The first kappa shape index (κ1) is 33.4. The summed E-state index contributed by atoms with van der Waals surface area (Å²) in [6.07, 6.45) is 12.7. The van der Waals surface area contributed by atoms with Gasteiger partial charge in [-0.15, -0.1) is 22.7 Å². The summed E-state index contributed by atoms with van der Waals surface area (Å²) in [7, 11) is -6.64. The third-order valence-electron chi connectivity index (χ3n) is 9.29. The van der Waals surface area contributed by atoms with Crippen LogP contribution in [-0.4, -0.2) is 28.3 Å². The van der Waals surface area contributed by atoms with Crippen LogP contribution in [0.25, 0.3) is 52.5 Å². The molecule has 0 radical (unpaired) electrons. The predicted molar refractivity (Wildman–Crippen MR) is 201 cm³/mol. The van der Waals surface area contributed by atoms with Gasteiger partial charge in [-0.05, 0) is 69.4 Å². The molecule has 0 aliphatic heterocycles. The average molecular weight is 693 g/mol. The molecule has 0 unspecified atom stereocenters. The molecule has 0 saturated carbocycles. The molecule has 0 fully saturated rings. The van der Waals surface area contributed by atoms with Crippen molar-refractivity contribution < 1.29 is 16.8 Å². The Balaban J connectivity index is 1.29. The first-order valence-corrected chi connectivity index (χ1v) is 21.9. The van der Waals surface area contributed by atoms with Crippen molar-refractivity contribution in [3.8, 4) is 0 Å². The minimum Gasteiger partial charge on any atom is -0.223 e. The van der Waals surface area contributed by atoms with Crippen LogP contribution in [0.4, 0.5) is 0 Å². The third-order valence-corrected chi connectivity index (χ3v) is 16.2. The topological polar surface area (TPSA) is 68.3 Å². The van der Waals surface area contributed by atoms with Crippen LogP contribution < -0.4 is 0 Å². The largest absolute Gasteiger partial charge is 0.223 e. The molecule has 0 bridgehead atoms. The Morgan fingerprint density at radius 2 is 0.717 bits per heavy atom. The number of hydrogen-bond donors (Lipinski definition) is 0. The average Bonchev–Trinajstić information content (AvgIpc) is 3.70. The van der Waals surface area contributed by atoms with Crippen LogP contribution in [0.3, 0.4) is 0 Å². The fourth-order valence-corrected chi connectivity index (χ4v) is 12.5. The highest BCUT2D eigenvalue weighted by molar-refractivity contribution is 7.94. The van der Waals surface area contributed by atoms with Gasteiger partial charge in [0, 0.05) is 20.2 Å². The Morgan fingerprint density at radius 3 is 1.09 bits per heavy atom. The molecule has 244 valence electrons. The molecule has 0 amide bonds. The highest BCUT2D eigenvalue weighted by Gasteiger charge is 2.21. The van der Waals surface area contributed by atoms with Crippen molar-refractivity contribution in [1.82, 2.24) is 0 Å². The second-order valence-corrected chi connectivity index (χ2v) is 19.5. The molecular weight excluding hydrogens is 649 g/mol. The lowest BCUT2D eigenvalue weighted by atomic mass is 9.95. The quantitative estimate of drug-likeness (QED) is 0.0748. The van der Waals surface area contributed by atoms with Crippen molar-refractivity contribution in [2.75, 3.05) is 11.5 Å². The van der Waals surface area contributed by atoms with E-state index in [0.717, 1.165) is 78.2 Å². The van der Waals surface area contributed by atoms with Crippen LogP contribution in [0.1, 0.15) is 90.9 Å². The van der Waals surface area contributed by atoms with E-state index < -0.39 is 19.7 Å². The van der Waals surface area contributed by atoms with Crippen molar-refractivity contribution in [2.24, 2.45) is 0 Å². The molecule has 0 spiro atoms. The summed E-state index contributed by atoms with van der Waals surface area (Å²) < 4.78 is 55.8. The van der Waals surface area contributed by atoms with E-state index in [1.165, 1.54) is 61.2 Å². The first-order valence-electron chi connectivity index (χ1n) is 16.9. The summed E-state index contributed by atoms with van der Waals surface area (Å²) in [5, 5.41) is 8.50. The fraction of sp³-hybridized carbons (Fsp3) is 0.421. The van der Waals surface area contributed by atoms with Gasteiger partial charge in [-0.3, -0.25) is 0 Å². The van der Waals surface area contributed by atoms with E-state index in [1.54, 1.807) is 0 Å². The van der Waals surface area contributed by atoms with Crippen LogP contribution >= 0.6 is 22.7 Å². The van der Waals surface area contributed by atoms with Crippen molar-refractivity contribution in [1.29, 1.82) is 0 Å². The fourth-order valence-electron chi connectivity index (χ4n) is 6.68. The molecule has 46 heavy (non-hydrogen) atoms. The zero-order valence-electron chi connectivity index (χ0n) is 26.9. The summed E-state index contributed by atoms with van der Waals surface area (Å²) >= 11 is 2.76. The maximum Gasteiger partial charge on any atom is 0.187 e. The van der Waals surface area contributed by atoms with Gasteiger partial charge in [0.1, 0.15) is 8.42 Å². The maximum absolute atomic E-state index is 13.2. The summed E-state index contributed by atoms with van der Waals surface area (Å²) in [6, 6.07) is 20.6. The molecule has 2 aromatic heterocycles. The SMILES string of the molecule is CCCCCCCCS(=O)(=O)c1cc2c(ccc3c2ccc2c4ccc5sc(S(=O)(=O)CCCCCCCC)cc5c4ccc32)s1. The molecule has 0 aliphatic rings. The third kappa shape index (κ3) is 6.87. The van der Waals surface area contributed by atoms with Crippen LogP contribution in [0.15, 0.2) is 69.1 Å². The van der Waals surface area contributed by atoms with Gasteiger partial charge in [0.25, 0.3) is 0 Å². The first-order chi connectivity index (χ1) is 22.2. The smallest absolute Gasteiger partial charge is 0.187 e. The molecule has 0 aliphatic carbocycles. The van der Waals surface area contributed by atoms with Crippen molar-refractivity contribution in [2.45, 2.75) is 99.3 Å². The van der Waals surface area contributed by atoms with Gasteiger partial charge in [-0.2, -0.15) is 0 Å². The Bertz CT molecular complexity index is 2060. The lowest BCUT2D eigenvalue weighted by Gasteiger charge is -2.09. The van der Waals surface area contributed by atoms with E-state index in [-0.39, 0.29) is 11.5 Å². The van der Waals surface area contributed by atoms with E-state index in [4.69, 9.17) is 0 Å².